The highest BCUT2D eigenvalue weighted by atomic mass is 32.1. The van der Waals surface area contributed by atoms with Gasteiger partial charge in [-0.15, -0.1) is 0 Å². The Morgan fingerprint density at radius 2 is 1.88 bits per heavy atom. The maximum absolute atomic E-state index is 12.1. The Morgan fingerprint density at radius 3 is 2.58 bits per heavy atom. The van der Waals surface area contributed by atoms with Crippen molar-refractivity contribution in [3.63, 3.8) is 0 Å². The van der Waals surface area contributed by atoms with E-state index >= 15 is 0 Å². The Labute approximate surface area is 141 Å². The number of thiazole rings is 1. The van der Waals surface area contributed by atoms with Gasteiger partial charge in [0.25, 0.3) is 0 Å². The van der Waals surface area contributed by atoms with Gasteiger partial charge in [0.05, 0.1) is 29.3 Å². The second kappa shape index (κ2) is 7.09. The molecule has 1 aromatic heterocycles. The summed E-state index contributed by atoms with van der Waals surface area (Å²) >= 11 is 1.32. The Bertz CT molecular complexity index is 688. The summed E-state index contributed by atoms with van der Waals surface area (Å²) in [6, 6.07) is 7.45. The predicted octanol–water partition coefficient (Wildman–Crippen LogP) is -0.533. The van der Waals surface area contributed by atoms with E-state index in [4.69, 9.17) is 9.84 Å². The molecule has 130 valence electrons. The number of rotatable bonds is 4. The number of aliphatic hydroxyl groups is 4. The monoisotopic (exact) mass is 354 g/mol. The first-order valence-corrected chi connectivity index (χ1v) is 8.27. The highest BCUT2D eigenvalue weighted by Crippen LogP contribution is 2.27. The summed E-state index contributed by atoms with van der Waals surface area (Å²) in [4.78, 5) is 16.4. The standard InChI is InChI=1S/C15H18N2O6S/c18-6-9-13(21)14(22)12(20)8(23-9)5-11(19)17-15-16-7-3-1-2-4-10(7)24-15/h1-4,8-9,12-14,18,20-22H,5-6H2,(H,16,17,19)/t8-,9-,12-,13-,14-/m1/s1. The summed E-state index contributed by atoms with van der Waals surface area (Å²) in [5, 5.41) is 41.6. The molecule has 1 saturated heterocycles. The van der Waals surface area contributed by atoms with Crippen LogP contribution in [0.5, 0.6) is 0 Å². The van der Waals surface area contributed by atoms with E-state index in [-0.39, 0.29) is 6.42 Å². The van der Waals surface area contributed by atoms with Gasteiger partial charge in [0, 0.05) is 0 Å². The smallest absolute Gasteiger partial charge is 0.228 e. The number of nitrogens with zero attached hydrogens (tertiary/aromatic N) is 1. The number of nitrogens with one attached hydrogen (secondary N) is 1. The van der Waals surface area contributed by atoms with Crippen LogP contribution in [0.15, 0.2) is 24.3 Å². The maximum Gasteiger partial charge on any atom is 0.228 e. The van der Waals surface area contributed by atoms with Crippen LogP contribution >= 0.6 is 11.3 Å². The lowest BCUT2D eigenvalue weighted by Gasteiger charge is -2.39. The van der Waals surface area contributed by atoms with Gasteiger partial charge in [0.1, 0.15) is 24.4 Å². The van der Waals surface area contributed by atoms with Crippen molar-refractivity contribution in [1.82, 2.24) is 4.98 Å². The van der Waals surface area contributed by atoms with Crippen LogP contribution in [0.4, 0.5) is 5.13 Å². The lowest BCUT2D eigenvalue weighted by Crippen LogP contribution is -2.59. The number of para-hydroxylation sites is 1. The number of carbonyl (C=O) groups is 1. The minimum atomic E-state index is -1.49. The number of aliphatic hydroxyl groups excluding tert-OH is 4. The Balaban J connectivity index is 1.65. The first-order valence-electron chi connectivity index (χ1n) is 7.45. The molecule has 9 heteroatoms. The van der Waals surface area contributed by atoms with Crippen molar-refractivity contribution in [2.75, 3.05) is 11.9 Å². The summed E-state index contributed by atoms with van der Waals surface area (Å²) < 4.78 is 6.24. The molecule has 0 spiro atoms. The predicted molar refractivity (Wildman–Crippen MR) is 86.6 cm³/mol. The third kappa shape index (κ3) is 3.41. The summed E-state index contributed by atoms with van der Waals surface area (Å²) in [5.41, 5.74) is 0.769. The van der Waals surface area contributed by atoms with Crippen molar-refractivity contribution in [3.8, 4) is 0 Å². The van der Waals surface area contributed by atoms with Crippen LogP contribution in [0.1, 0.15) is 6.42 Å². The molecule has 1 amide bonds. The normalized spacial score (nSPS) is 30.4. The molecule has 3 rings (SSSR count). The van der Waals surface area contributed by atoms with Gasteiger partial charge in [0.2, 0.25) is 5.91 Å². The molecular weight excluding hydrogens is 336 g/mol. The van der Waals surface area contributed by atoms with Crippen LogP contribution in [0, 0.1) is 0 Å². The van der Waals surface area contributed by atoms with Gasteiger partial charge in [-0.2, -0.15) is 0 Å². The molecule has 8 nitrogen and oxygen atoms in total. The SMILES string of the molecule is O=C(C[C@H]1O[C@H](CO)[C@@H](O)[C@H](O)[C@@H]1O)Nc1nc2ccccc2s1. The summed E-state index contributed by atoms with van der Waals surface area (Å²) in [6.07, 6.45) is -6.65. The van der Waals surface area contributed by atoms with Crippen molar-refractivity contribution < 1.29 is 30.0 Å². The number of fused-ring (bicyclic) bond motifs is 1. The Hall–Kier alpha value is -1.62. The quantitative estimate of drug-likeness (QED) is 0.498. The van der Waals surface area contributed by atoms with Crippen LogP contribution < -0.4 is 5.32 Å². The summed E-state index contributed by atoms with van der Waals surface area (Å²) in [6.45, 7) is -0.527. The topological polar surface area (TPSA) is 132 Å². The second-order valence-corrected chi connectivity index (χ2v) is 6.64. The average molecular weight is 354 g/mol. The first-order chi connectivity index (χ1) is 11.5. The fraction of sp³-hybridized carbons (Fsp3) is 0.467. The third-order valence-electron chi connectivity index (χ3n) is 3.92. The first kappa shape index (κ1) is 17.2. The van der Waals surface area contributed by atoms with Gasteiger partial charge in [-0.3, -0.25) is 4.79 Å². The molecule has 24 heavy (non-hydrogen) atoms. The van der Waals surface area contributed by atoms with E-state index in [0.29, 0.717) is 5.13 Å². The molecule has 1 fully saturated rings. The molecule has 1 aromatic carbocycles. The average Bonchev–Trinajstić information content (AvgIpc) is 2.97. The highest BCUT2D eigenvalue weighted by molar-refractivity contribution is 7.22. The molecule has 2 heterocycles. The molecule has 0 saturated carbocycles. The van der Waals surface area contributed by atoms with Gasteiger partial charge in [-0.05, 0) is 12.1 Å². The molecule has 1 aliphatic rings. The van der Waals surface area contributed by atoms with Crippen LogP contribution in [-0.4, -0.2) is 68.4 Å². The summed E-state index contributed by atoms with van der Waals surface area (Å²) in [5.74, 6) is -0.446. The van der Waals surface area contributed by atoms with Crippen molar-refractivity contribution in [3.05, 3.63) is 24.3 Å². The number of hydrogen-bond acceptors (Lipinski definition) is 8. The van der Waals surface area contributed by atoms with Crippen molar-refractivity contribution in [2.45, 2.75) is 36.9 Å². The van der Waals surface area contributed by atoms with Crippen molar-refractivity contribution >= 4 is 32.6 Å². The fourth-order valence-electron chi connectivity index (χ4n) is 2.63. The molecule has 0 aliphatic carbocycles. The van der Waals surface area contributed by atoms with E-state index < -0.39 is 43.0 Å². The molecule has 1 aliphatic heterocycles. The van der Waals surface area contributed by atoms with E-state index in [0.717, 1.165) is 10.2 Å². The number of benzene rings is 1. The number of hydrogen-bond donors (Lipinski definition) is 5. The third-order valence-corrected chi connectivity index (χ3v) is 4.87. The molecular formula is C15H18N2O6S. The van der Waals surface area contributed by atoms with E-state index in [1.54, 1.807) is 0 Å². The van der Waals surface area contributed by atoms with E-state index in [1.165, 1.54) is 11.3 Å². The lowest BCUT2D eigenvalue weighted by molar-refractivity contribution is -0.229. The zero-order chi connectivity index (χ0) is 17.3. The number of ether oxygens (including phenoxy) is 1. The van der Waals surface area contributed by atoms with Crippen molar-refractivity contribution in [2.24, 2.45) is 0 Å². The molecule has 2 aromatic rings. The van der Waals surface area contributed by atoms with Gasteiger partial charge >= 0.3 is 0 Å². The van der Waals surface area contributed by atoms with Gasteiger partial charge in [-0.1, -0.05) is 23.5 Å². The van der Waals surface area contributed by atoms with Gasteiger partial charge < -0.3 is 30.5 Å². The zero-order valence-electron chi connectivity index (χ0n) is 12.6. The van der Waals surface area contributed by atoms with Crippen LogP contribution in [0.2, 0.25) is 0 Å². The number of anilines is 1. The number of aromatic nitrogens is 1. The molecule has 0 unspecified atom stereocenters. The largest absolute Gasteiger partial charge is 0.394 e. The highest BCUT2D eigenvalue weighted by Gasteiger charge is 2.43. The molecule has 0 radical (unpaired) electrons. The Kier molecular flexibility index (Phi) is 5.09. The van der Waals surface area contributed by atoms with Crippen LogP contribution in [0.3, 0.4) is 0 Å². The van der Waals surface area contributed by atoms with Gasteiger partial charge in [-0.25, -0.2) is 4.98 Å². The van der Waals surface area contributed by atoms with Crippen molar-refractivity contribution in [1.29, 1.82) is 0 Å². The maximum atomic E-state index is 12.1. The Morgan fingerprint density at radius 1 is 1.17 bits per heavy atom. The minimum absolute atomic E-state index is 0.239. The molecule has 0 bridgehead atoms. The lowest BCUT2D eigenvalue weighted by atomic mass is 9.93. The van der Waals surface area contributed by atoms with E-state index in [9.17, 15) is 20.1 Å². The zero-order valence-corrected chi connectivity index (χ0v) is 13.4. The number of amides is 1. The minimum Gasteiger partial charge on any atom is -0.394 e. The van der Waals surface area contributed by atoms with E-state index in [2.05, 4.69) is 10.3 Å². The van der Waals surface area contributed by atoms with Gasteiger partial charge in [0.15, 0.2) is 5.13 Å². The second-order valence-electron chi connectivity index (χ2n) is 5.61. The van der Waals surface area contributed by atoms with Crippen LogP contribution in [0.25, 0.3) is 10.2 Å². The fourth-order valence-corrected chi connectivity index (χ4v) is 3.51. The van der Waals surface area contributed by atoms with Crippen LogP contribution in [-0.2, 0) is 9.53 Å². The molecule has 5 atom stereocenters. The van der Waals surface area contributed by atoms with E-state index in [1.807, 2.05) is 24.3 Å². The number of carbonyl (C=O) groups excluding carboxylic acids is 1. The summed E-state index contributed by atoms with van der Waals surface area (Å²) in [7, 11) is 0. The molecule has 5 N–H and O–H groups in total.